The first kappa shape index (κ1) is 11.7. The average molecular weight is 206 g/mol. The molecule has 0 bridgehead atoms. The van der Waals surface area contributed by atoms with Crippen molar-refractivity contribution in [3.63, 3.8) is 0 Å². The fraction of sp³-hybridized carbons (Fsp3) is 0.417. The molecule has 0 aliphatic carbocycles. The lowest BCUT2D eigenvalue weighted by atomic mass is 10.2. The molecule has 0 fully saturated rings. The van der Waals surface area contributed by atoms with Gasteiger partial charge in [0.25, 0.3) is 0 Å². The molecule has 1 rings (SSSR count). The van der Waals surface area contributed by atoms with Gasteiger partial charge in [0.05, 0.1) is 6.67 Å². The number of amides is 1. The van der Waals surface area contributed by atoms with Gasteiger partial charge < -0.3 is 4.90 Å². The number of carbonyl (C=O) groups excluding carboxylic acids is 1. The van der Waals surface area contributed by atoms with Crippen molar-refractivity contribution in [1.82, 2.24) is 9.80 Å². The van der Waals surface area contributed by atoms with Crippen molar-refractivity contribution in [2.24, 2.45) is 0 Å². The van der Waals surface area contributed by atoms with Crippen molar-refractivity contribution in [3.8, 4) is 0 Å². The van der Waals surface area contributed by atoms with Crippen LogP contribution in [-0.4, -0.2) is 36.5 Å². The van der Waals surface area contributed by atoms with Crippen molar-refractivity contribution in [3.05, 3.63) is 35.9 Å². The third kappa shape index (κ3) is 4.13. The summed E-state index contributed by atoms with van der Waals surface area (Å²) in [4.78, 5) is 14.4. The van der Waals surface area contributed by atoms with E-state index in [0.717, 1.165) is 19.5 Å². The highest BCUT2D eigenvalue weighted by atomic mass is 16.1. The standard InChI is InChI=1S/C12H18N2O/c1-3-14(10-13(2)11-15)9-12-7-5-4-6-8-12/h4-8,11H,3,9-10H2,1-2H3. The van der Waals surface area contributed by atoms with Crippen LogP contribution in [0.4, 0.5) is 0 Å². The van der Waals surface area contributed by atoms with Gasteiger partial charge in [-0.15, -0.1) is 0 Å². The van der Waals surface area contributed by atoms with Crippen LogP contribution in [0.15, 0.2) is 30.3 Å². The Morgan fingerprint density at radius 1 is 1.27 bits per heavy atom. The fourth-order valence-corrected chi connectivity index (χ4v) is 1.45. The normalized spacial score (nSPS) is 10.3. The molecule has 0 N–H and O–H groups in total. The van der Waals surface area contributed by atoms with Crippen LogP contribution in [0.2, 0.25) is 0 Å². The SMILES string of the molecule is CCN(Cc1ccccc1)CN(C)C=O. The second kappa shape index (κ2) is 6.19. The molecule has 15 heavy (non-hydrogen) atoms. The lowest BCUT2D eigenvalue weighted by Crippen LogP contribution is -2.34. The summed E-state index contributed by atoms with van der Waals surface area (Å²) in [5.41, 5.74) is 1.28. The summed E-state index contributed by atoms with van der Waals surface area (Å²) in [6.45, 7) is 4.60. The predicted molar refractivity (Wildman–Crippen MR) is 61.2 cm³/mol. The fourth-order valence-electron chi connectivity index (χ4n) is 1.45. The Hall–Kier alpha value is -1.35. The summed E-state index contributed by atoms with van der Waals surface area (Å²) in [6, 6.07) is 10.3. The Labute approximate surface area is 91.3 Å². The molecule has 0 saturated carbocycles. The van der Waals surface area contributed by atoms with Gasteiger partial charge in [-0.3, -0.25) is 9.69 Å². The Balaban J connectivity index is 2.50. The molecule has 0 saturated heterocycles. The molecule has 0 aliphatic heterocycles. The monoisotopic (exact) mass is 206 g/mol. The van der Waals surface area contributed by atoms with Gasteiger partial charge in [0, 0.05) is 13.6 Å². The van der Waals surface area contributed by atoms with E-state index in [1.165, 1.54) is 5.56 Å². The first-order chi connectivity index (χ1) is 7.26. The second-order valence-electron chi connectivity index (χ2n) is 3.63. The highest BCUT2D eigenvalue weighted by molar-refractivity contribution is 5.46. The van der Waals surface area contributed by atoms with E-state index < -0.39 is 0 Å². The van der Waals surface area contributed by atoms with E-state index in [0.29, 0.717) is 6.67 Å². The lowest BCUT2D eigenvalue weighted by molar-refractivity contribution is -0.118. The molecule has 3 heteroatoms. The van der Waals surface area contributed by atoms with Gasteiger partial charge in [-0.1, -0.05) is 37.3 Å². The highest BCUT2D eigenvalue weighted by Gasteiger charge is 2.04. The lowest BCUT2D eigenvalue weighted by Gasteiger charge is -2.24. The number of hydrogen-bond acceptors (Lipinski definition) is 2. The van der Waals surface area contributed by atoms with Gasteiger partial charge in [-0.2, -0.15) is 0 Å². The van der Waals surface area contributed by atoms with E-state index in [2.05, 4.69) is 24.0 Å². The first-order valence-corrected chi connectivity index (χ1v) is 5.18. The zero-order valence-electron chi connectivity index (χ0n) is 9.39. The van der Waals surface area contributed by atoms with Crippen molar-refractivity contribution in [1.29, 1.82) is 0 Å². The Kier molecular flexibility index (Phi) is 4.84. The van der Waals surface area contributed by atoms with Crippen molar-refractivity contribution in [2.75, 3.05) is 20.3 Å². The molecule has 0 heterocycles. The van der Waals surface area contributed by atoms with Gasteiger partial charge in [0.15, 0.2) is 0 Å². The van der Waals surface area contributed by atoms with Crippen LogP contribution >= 0.6 is 0 Å². The number of carbonyl (C=O) groups is 1. The predicted octanol–water partition coefficient (Wildman–Crippen LogP) is 1.55. The maximum Gasteiger partial charge on any atom is 0.210 e. The molecule has 0 unspecified atom stereocenters. The van der Waals surface area contributed by atoms with Crippen molar-refractivity contribution >= 4 is 6.41 Å². The molecular weight excluding hydrogens is 188 g/mol. The minimum Gasteiger partial charge on any atom is -0.335 e. The number of benzene rings is 1. The van der Waals surface area contributed by atoms with Crippen molar-refractivity contribution < 1.29 is 4.79 Å². The number of hydrogen-bond donors (Lipinski definition) is 0. The van der Waals surface area contributed by atoms with Crippen LogP contribution in [0, 0.1) is 0 Å². The quantitative estimate of drug-likeness (QED) is 0.521. The molecule has 3 nitrogen and oxygen atoms in total. The molecule has 0 spiro atoms. The summed E-state index contributed by atoms with van der Waals surface area (Å²) in [5.74, 6) is 0. The number of rotatable bonds is 6. The van der Waals surface area contributed by atoms with Crippen LogP contribution in [0.3, 0.4) is 0 Å². The Morgan fingerprint density at radius 2 is 1.93 bits per heavy atom. The van der Waals surface area contributed by atoms with E-state index in [1.807, 2.05) is 18.2 Å². The Morgan fingerprint density at radius 3 is 2.47 bits per heavy atom. The molecule has 0 aliphatic rings. The molecule has 0 radical (unpaired) electrons. The minimum atomic E-state index is 0.675. The van der Waals surface area contributed by atoms with Crippen LogP contribution in [-0.2, 0) is 11.3 Å². The van der Waals surface area contributed by atoms with Crippen LogP contribution in [0.1, 0.15) is 12.5 Å². The summed E-state index contributed by atoms with van der Waals surface area (Å²) < 4.78 is 0. The summed E-state index contributed by atoms with van der Waals surface area (Å²) >= 11 is 0. The zero-order chi connectivity index (χ0) is 11.1. The van der Waals surface area contributed by atoms with Gasteiger partial charge in [-0.25, -0.2) is 0 Å². The molecular formula is C12H18N2O. The molecule has 82 valence electrons. The van der Waals surface area contributed by atoms with Crippen molar-refractivity contribution in [2.45, 2.75) is 13.5 Å². The summed E-state index contributed by atoms with van der Waals surface area (Å²) in [7, 11) is 1.79. The van der Waals surface area contributed by atoms with Gasteiger partial charge in [0.1, 0.15) is 0 Å². The van der Waals surface area contributed by atoms with Crippen LogP contribution in [0.25, 0.3) is 0 Å². The van der Waals surface area contributed by atoms with Crippen LogP contribution < -0.4 is 0 Å². The minimum absolute atomic E-state index is 0.675. The molecule has 1 aromatic rings. The zero-order valence-corrected chi connectivity index (χ0v) is 9.39. The summed E-state index contributed by atoms with van der Waals surface area (Å²) in [5, 5.41) is 0. The van der Waals surface area contributed by atoms with E-state index in [4.69, 9.17) is 0 Å². The maximum atomic E-state index is 10.5. The summed E-state index contributed by atoms with van der Waals surface area (Å²) in [6.07, 6.45) is 0.855. The molecule has 1 amide bonds. The maximum absolute atomic E-state index is 10.5. The average Bonchev–Trinajstić information content (AvgIpc) is 2.29. The van der Waals surface area contributed by atoms with E-state index in [-0.39, 0.29) is 0 Å². The van der Waals surface area contributed by atoms with Gasteiger partial charge >= 0.3 is 0 Å². The first-order valence-electron chi connectivity index (χ1n) is 5.18. The highest BCUT2D eigenvalue weighted by Crippen LogP contribution is 2.03. The molecule has 1 aromatic carbocycles. The third-order valence-electron chi connectivity index (χ3n) is 2.30. The molecule has 0 atom stereocenters. The number of nitrogens with zero attached hydrogens (tertiary/aromatic N) is 2. The van der Waals surface area contributed by atoms with E-state index in [9.17, 15) is 4.79 Å². The second-order valence-corrected chi connectivity index (χ2v) is 3.63. The van der Waals surface area contributed by atoms with Gasteiger partial charge in [-0.05, 0) is 12.1 Å². The largest absolute Gasteiger partial charge is 0.335 e. The smallest absolute Gasteiger partial charge is 0.210 e. The van der Waals surface area contributed by atoms with E-state index >= 15 is 0 Å². The molecule has 0 aromatic heterocycles. The topological polar surface area (TPSA) is 23.6 Å². The Bertz CT molecular complexity index is 287. The van der Waals surface area contributed by atoms with Gasteiger partial charge in [0.2, 0.25) is 6.41 Å². The third-order valence-corrected chi connectivity index (χ3v) is 2.30. The van der Waals surface area contributed by atoms with Crippen LogP contribution in [0.5, 0.6) is 0 Å². The van der Waals surface area contributed by atoms with E-state index in [1.54, 1.807) is 11.9 Å².